The molecule has 6 aromatic rings. The first-order valence-electron chi connectivity index (χ1n) is 18.7. The lowest BCUT2D eigenvalue weighted by molar-refractivity contribution is 0.580. The van der Waals surface area contributed by atoms with E-state index in [-0.39, 0.29) is 28.4 Å². The molecule has 1 aromatic heterocycles. The summed E-state index contributed by atoms with van der Waals surface area (Å²) in [4.78, 5) is 5.08. The number of hydrogen-bond donors (Lipinski definition) is 0. The fraction of sp³-hybridized carbons (Fsp3) is 0.319. The van der Waals surface area contributed by atoms with Gasteiger partial charge in [-0.1, -0.05) is 131 Å². The smallest absolute Gasteiger partial charge is 0.297 e. The molecule has 0 saturated carbocycles. The Labute approximate surface area is 304 Å². The van der Waals surface area contributed by atoms with Gasteiger partial charge in [0.05, 0.1) is 17.0 Å². The zero-order chi connectivity index (χ0) is 36.0. The van der Waals surface area contributed by atoms with Crippen LogP contribution in [0, 0.1) is 0 Å². The van der Waals surface area contributed by atoms with Crippen LogP contribution in [0.4, 0.5) is 34.1 Å². The molecule has 0 fully saturated rings. The van der Waals surface area contributed by atoms with E-state index in [9.17, 15) is 0 Å². The van der Waals surface area contributed by atoms with Gasteiger partial charge in [-0.25, -0.2) is 0 Å². The molecule has 0 bridgehead atoms. The van der Waals surface area contributed by atoms with Crippen molar-refractivity contribution >= 4 is 68.4 Å². The number of nitrogens with zero attached hydrogens (tertiary/aromatic N) is 2. The van der Waals surface area contributed by atoms with Gasteiger partial charge in [0, 0.05) is 33.6 Å². The van der Waals surface area contributed by atoms with Gasteiger partial charge in [0.15, 0.2) is 0 Å². The van der Waals surface area contributed by atoms with Gasteiger partial charge in [-0.2, -0.15) is 0 Å². The lowest BCUT2D eigenvalue weighted by atomic mass is 9.34. The third kappa shape index (κ3) is 4.51. The summed E-state index contributed by atoms with van der Waals surface area (Å²) < 4.78 is 7.10. The van der Waals surface area contributed by atoms with Gasteiger partial charge in [-0.05, 0) is 97.5 Å². The predicted octanol–water partition coefficient (Wildman–Crippen LogP) is 11.0. The number of furan rings is 1. The molecule has 3 aliphatic heterocycles. The molecule has 0 aliphatic carbocycles. The summed E-state index contributed by atoms with van der Waals surface area (Å²) in [5.74, 6) is 0. The predicted molar refractivity (Wildman–Crippen MR) is 218 cm³/mol. The Morgan fingerprint density at radius 1 is 0.549 bits per heavy atom. The molecule has 0 saturated heterocycles. The van der Waals surface area contributed by atoms with E-state index in [1.54, 1.807) is 0 Å². The molecule has 0 atom stereocenters. The van der Waals surface area contributed by atoms with Crippen LogP contribution in [0.3, 0.4) is 0 Å². The van der Waals surface area contributed by atoms with Crippen molar-refractivity contribution in [2.45, 2.75) is 97.8 Å². The lowest BCUT2D eigenvalue weighted by Gasteiger charge is -2.49. The van der Waals surface area contributed by atoms with Crippen molar-refractivity contribution in [3.63, 3.8) is 0 Å². The summed E-state index contributed by atoms with van der Waals surface area (Å²) >= 11 is 0. The summed E-state index contributed by atoms with van der Waals surface area (Å²) in [6.07, 6.45) is 0. The minimum Gasteiger partial charge on any atom is -0.468 e. The highest BCUT2D eigenvalue weighted by Gasteiger charge is 2.51. The van der Waals surface area contributed by atoms with Crippen LogP contribution < -0.4 is 26.4 Å². The average molecular weight is 669 g/mol. The maximum Gasteiger partial charge on any atom is 0.297 e. The number of rotatable bonds is 1. The van der Waals surface area contributed by atoms with Crippen molar-refractivity contribution in [3.05, 3.63) is 125 Å². The second kappa shape index (κ2) is 10.2. The van der Waals surface area contributed by atoms with Crippen LogP contribution in [0.25, 0.3) is 11.0 Å². The van der Waals surface area contributed by atoms with Crippen LogP contribution >= 0.6 is 0 Å². The number of hydrogen-bond acceptors (Lipinski definition) is 3. The molecule has 4 heteroatoms. The van der Waals surface area contributed by atoms with E-state index in [4.69, 9.17) is 4.42 Å². The lowest BCUT2D eigenvalue weighted by Crippen LogP contribution is -2.62. The van der Waals surface area contributed by atoms with E-state index in [2.05, 4.69) is 183 Å². The average Bonchev–Trinajstić information content (AvgIpc) is 3.45. The van der Waals surface area contributed by atoms with E-state index < -0.39 is 0 Å². The maximum absolute atomic E-state index is 7.10. The highest BCUT2D eigenvalue weighted by molar-refractivity contribution is 7.00. The van der Waals surface area contributed by atoms with Gasteiger partial charge in [0.25, 0.3) is 6.71 Å². The summed E-state index contributed by atoms with van der Waals surface area (Å²) in [7, 11) is 0. The zero-order valence-electron chi connectivity index (χ0n) is 32.1. The highest BCUT2D eigenvalue weighted by Crippen LogP contribution is 2.56. The van der Waals surface area contributed by atoms with Crippen molar-refractivity contribution in [2.75, 3.05) is 9.80 Å². The molecule has 3 aliphatic rings. The minimum atomic E-state index is -0.216. The first-order chi connectivity index (χ1) is 24.0. The Hall–Kier alpha value is -4.70. The fourth-order valence-electron chi connectivity index (χ4n) is 8.90. The number of benzene rings is 5. The zero-order valence-corrected chi connectivity index (χ0v) is 32.1. The molecular weight excluding hydrogens is 619 g/mol. The third-order valence-corrected chi connectivity index (χ3v) is 11.9. The molecule has 9 rings (SSSR count). The maximum atomic E-state index is 7.10. The topological polar surface area (TPSA) is 19.6 Å². The Morgan fingerprint density at radius 3 is 1.80 bits per heavy atom. The van der Waals surface area contributed by atoms with Gasteiger partial charge in [0.1, 0.15) is 5.58 Å². The van der Waals surface area contributed by atoms with Gasteiger partial charge in [-0.3, -0.25) is 0 Å². The fourth-order valence-corrected chi connectivity index (χ4v) is 8.90. The minimum absolute atomic E-state index is 0.00624. The molecule has 0 spiro atoms. The van der Waals surface area contributed by atoms with E-state index in [1.807, 2.05) is 0 Å². The Balaban J connectivity index is 1.41. The number of anilines is 6. The molecule has 4 heterocycles. The van der Waals surface area contributed by atoms with Crippen molar-refractivity contribution in [1.82, 2.24) is 0 Å². The molecular formula is C47H49BN2O. The molecule has 51 heavy (non-hydrogen) atoms. The molecule has 0 radical (unpaired) electrons. The summed E-state index contributed by atoms with van der Waals surface area (Å²) in [6, 6.07) is 37.1. The van der Waals surface area contributed by atoms with E-state index in [1.165, 1.54) is 72.9 Å². The molecule has 0 N–H and O–H groups in total. The molecule has 0 unspecified atom stereocenters. The Morgan fingerprint density at radius 2 is 1.14 bits per heavy atom. The van der Waals surface area contributed by atoms with Gasteiger partial charge in [0.2, 0.25) is 0 Å². The summed E-state index contributed by atoms with van der Waals surface area (Å²) in [5.41, 5.74) is 18.6. The Kier molecular flexibility index (Phi) is 6.46. The van der Waals surface area contributed by atoms with E-state index in [0.717, 1.165) is 16.6 Å². The first kappa shape index (κ1) is 32.2. The second-order valence-corrected chi connectivity index (χ2v) is 18.7. The number of para-hydroxylation sites is 1. The van der Waals surface area contributed by atoms with Crippen LogP contribution in [-0.4, -0.2) is 6.71 Å². The largest absolute Gasteiger partial charge is 0.468 e. The number of fused-ring (bicyclic) bond motifs is 9. The van der Waals surface area contributed by atoms with Crippen LogP contribution in [0.2, 0.25) is 0 Å². The van der Waals surface area contributed by atoms with Crippen LogP contribution in [0.15, 0.2) is 101 Å². The van der Waals surface area contributed by atoms with Crippen LogP contribution in [-0.2, 0) is 21.7 Å². The van der Waals surface area contributed by atoms with Crippen molar-refractivity contribution < 1.29 is 4.42 Å². The molecule has 3 nitrogen and oxygen atoms in total. The van der Waals surface area contributed by atoms with Gasteiger partial charge >= 0.3 is 0 Å². The quantitative estimate of drug-likeness (QED) is 0.162. The standard InChI is InChI=1S/C47H49BN2O/c1-44(2,3)28-16-20-31(21-17-28)49-37-24-19-30(46(7,8)9)27-35(37)48-40-38(49)25-22-33-42(40)50(41-32-14-12-13-15-39(32)51-43(41)48)36-23-18-29(45(4,5)6)26-34(36)47(33,10)11/h12-27H,1-11H3. The normalized spacial score (nSPS) is 15.8. The highest BCUT2D eigenvalue weighted by atomic mass is 16.3. The monoisotopic (exact) mass is 668 g/mol. The van der Waals surface area contributed by atoms with Crippen molar-refractivity contribution in [3.8, 4) is 0 Å². The first-order valence-corrected chi connectivity index (χ1v) is 18.7. The molecule has 0 amide bonds. The molecule has 256 valence electrons. The van der Waals surface area contributed by atoms with Crippen LogP contribution in [0.1, 0.15) is 104 Å². The van der Waals surface area contributed by atoms with Gasteiger partial charge < -0.3 is 14.2 Å². The third-order valence-electron chi connectivity index (χ3n) is 11.9. The van der Waals surface area contributed by atoms with Gasteiger partial charge in [-0.15, -0.1) is 0 Å². The van der Waals surface area contributed by atoms with Crippen molar-refractivity contribution in [2.24, 2.45) is 0 Å². The SMILES string of the molecule is CC(C)(C)c1ccc(N2c3ccc(C(C)(C)C)cc3B3c4oc5ccccc5c4N4c5ccc(C(C)(C)C)cc5C(C)(C)c5ccc2c3c54)cc1. The van der Waals surface area contributed by atoms with E-state index >= 15 is 0 Å². The molecule has 5 aromatic carbocycles. The Bertz CT molecular complexity index is 2410. The summed E-state index contributed by atoms with van der Waals surface area (Å²) in [6.45, 7) is 25.5. The van der Waals surface area contributed by atoms with Crippen LogP contribution in [0.5, 0.6) is 0 Å². The van der Waals surface area contributed by atoms with Crippen molar-refractivity contribution in [1.29, 1.82) is 0 Å². The second-order valence-electron chi connectivity index (χ2n) is 18.7. The van der Waals surface area contributed by atoms with E-state index in [0.29, 0.717) is 0 Å². The summed E-state index contributed by atoms with van der Waals surface area (Å²) in [5, 5.41) is 1.16.